The van der Waals surface area contributed by atoms with Crippen molar-refractivity contribution in [1.82, 2.24) is 35.9 Å². The van der Waals surface area contributed by atoms with Crippen molar-refractivity contribution in [2.24, 2.45) is 5.73 Å². The SMILES string of the molecule is NC(Cc1cnc[nH]1)C(=O)NC(CC(=O)O)C(=O)NC(Cc1ccccc1)C(=O)NC(Cc1cnc[nH]1)C(=O)O. The summed E-state index contributed by atoms with van der Waals surface area (Å²) in [6.45, 7) is 0. The number of carboxylic acid groups (broad SMARTS) is 2. The number of carboxylic acids is 2. The molecule has 1 aromatic carbocycles. The molecule has 15 heteroatoms. The van der Waals surface area contributed by atoms with Crippen LogP contribution in [0.25, 0.3) is 0 Å². The Morgan fingerprint density at radius 2 is 1.30 bits per heavy atom. The second kappa shape index (κ2) is 14.2. The Hall–Kier alpha value is -5.05. The van der Waals surface area contributed by atoms with Gasteiger partial charge in [-0.05, 0) is 5.56 Å². The van der Waals surface area contributed by atoms with Crippen LogP contribution in [0.4, 0.5) is 0 Å². The quantitative estimate of drug-likeness (QED) is 0.108. The number of amides is 3. The van der Waals surface area contributed by atoms with E-state index in [4.69, 9.17) is 5.73 Å². The molecule has 0 aliphatic carbocycles. The van der Waals surface area contributed by atoms with E-state index in [-0.39, 0.29) is 19.3 Å². The number of benzene rings is 1. The topological polar surface area (TPSA) is 245 Å². The van der Waals surface area contributed by atoms with Crippen molar-refractivity contribution in [3.05, 3.63) is 72.3 Å². The molecular weight excluding hydrogens is 524 g/mol. The van der Waals surface area contributed by atoms with Crippen LogP contribution in [0.3, 0.4) is 0 Å². The number of H-pyrrole nitrogens is 2. The zero-order valence-electron chi connectivity index (χ0n) is 21.2. The highest BCUT2D eigenvalue weighted by atomic mass is 16.4. The van der Waals surface area contributed by atoms with E-state index in [9.17, 15) is 34.2 Å². The zero-order valence-corrected chi connectivity index (χ0v) is 21.2. The van der Waals surface area contributed by atoms with Gasteiger partial charge in [-0.25, -0.2) is 14.8 Å². The number of nitrogens with one attached hydrogen (secondary N) is 5. The lowest BCUT2D eigenvalue weighted by Gasteiger charge is -2.24. The smallest absolute Gasteiger partial charge is 0.326 e. The van der Waals surface area contributed by atoms with Crippen molar-refractivity contribution >= 4 is 29.7 Å². The largest absolute Gasteiger partial charge is 0.481 e. The van der Waals surface area contributed by atoms with Crippen molar-refractivity contribution < 1.29 is 34.2 Å². The Balaban J connectivity index is 1.75. The summed E-state index contributed by atoms with van der Waals surface area (Å²) in [6, 6.07) is 3.28. The normalized spacial score (nSPS) is 13.8. The van der Waals surface area contributed by atoms with Crippen LogP contribution >= 0.6 is 0 Å². The molecule has 9 N–H and O–H groups in total. The number of hydrogen-bond donors (Lipinski definition) is 8. The molecule has 0 saturated carbocycles. The summed E-state index contributed by atoms with van der Waals surface area (Å²) >= 11 is 0. The molecule has 3 rings (SSSR count). The number of aromatic amines is 2. The average Bonchev–Trinajstić information content (AvgIpc) is 3.62. The lowest BCUT2D eigenvalue weighted by molar-refractivity contribution is -0.143. The fourth-order valence-electron chi connectivity index (χ4n) is 3.81. The minimum Gasteiger partial charge on any atom is -0.481 e. The highest BCUT2D eigenvalue weighted by Crippen LogP contribution is 2.07. The van der Waals surface area contributed by atoms with Crippen LogP contribution in [-0.4, -0.2) is 84.0 Å². The summed E-state index contributed by atoms with van der Waals surface area (Å²) in [4.78, 5) is 75.6. The molecule has 2 aromatic heterocycles. The van der Waals surface area contributed by atoms with E-state index < -0.39 is 60.2 Å². The third-order valence-corrected chi connectivity index (χ3v) is 5.85. The molecule has 0 bridgehead atoms. The van der Waals surface area contributed by atoms with Gasteiger partial charge in [-0.2, -0.15) is 0 Å². The van der Waals surface area contributed by atoms with Crippen molar-refractivity contribution in [2.45, 2.75) is 49.9 Å². The minimum atomic E-state index is -1.57. The second-order valence-electron chi connectivity index (χ2n) is 8.98. The summed E-state index contributed by atoms with van der Waals surface area (Å²) in [5.74, 6) is -5.25. The van der Waals surface area contributed by atoms with E-state index in [1.54, 1.807) is 30.3 Å². The minimum absolute atomic E-state index is 0.0398. The van der Waals surface area contributed by atoms with Crippen LogP contribution in [0.1, 0.15) is 23.4 Å². The van der Waals surface area contributed by atoms with Gasteiger partial charge in [0.2, 0.25) is 17.7 Å². The number of carbonyl (C=O) groups is 5. The molecule has 2 heterocycles. The van der Waals surface area contributed by atoms with E-state index in [2.05, 4.69) is 35.9 Å². The van der Waals surface area contributed by atoms with E-state index in [0.29, 0.717) is 17.0 Å². The van der Waals surface area contributed by atoms with Gasteiger partial charge >= 0.3 is 11.9 Å². The zero-order chi connectivity index (χ0) is 29.1. The van der Waals surface area contributed by atoms with Gasteiger partial charge in [0.25, 0.3) is 0 Å². The molecule has 0 saturated heterocycles. The molecular formula is C25H30N8O7. The predicted octanol–water partition coefficient (Wildman–Crippen LogP) is -1.50. The number of aliphatic carboxylic acids is 2. The third-order valence-electron chi connectivity index (χ3n) is 5.85. The van der Waals surface area contributed by atoms with E-state index in [1.165, 1.54) is 25.0 Å². The van der Waals surface area contributed by atoms with E-state index >= 15 is 0 Å². The molecule has 0 aliphatic rings. The monoisotopic (exact) mass is 554 g/mol. The lowest BCUT2D eigenvalue weighted by atomic mass is 10.0. The number of nitrogens with zero attached hydrogens (tertiary/aromatic N) is 2. The molecule has 15 nitrogen and oxygen atoms in total. The summed E-state index contributed by atoms with van der Waals surface area (Å²) in [6.07, 6.45) is 4.79. The molecule has 4 atom stereocenters. The molecule has 40 heavy (non-hydrogen) atoms. The van der Waals surface area contributed by atoms with Gasteiger partial charge in [0, 0.05) is 43.0 Å². The summed E-state index contributed by atoms with van der Waals surface area (Å²) in [5.41, 5.74) is 7.58. The Bertz CT molecular complexity index is 1280. The summed E-state index contributed by atoms with van der Waals surface area (Å²) in [7, 11) is 0. The molecule has 3 aromatic rings. The average molecular weight is 555 g/mol. The fraction of sp³-hybridized carbons (Fsp3) is 0.320. The molecule has 0 fully saturated rings. The number of rotatable bonds is 15. The van der Waals surface area contributed by atoms with Gasteiger partial charge in [-0.3, -0.25) is 19.2 Å². The van der Waals surface area contributed by atoms with Gasteiger partial charge in [-0.15, -0.1) is 0 Å². The van der Waals surface area contributed by atoms with Gasteiger partial charge in [0.05, 0.1) is 25.1 Å². The highest BCUT2D eigenvalue weighted by Gasteiger charge is 2.32. The van der Waals surface area contributed by atoms with Crippen LogP contribution in [0.5, 0.6) is 0 Å². The molecule has 0 radical (unpaired) electrons. The maximum absolute atomic E-state index is 13.2. The third kappa shape index (κ3) is 9.05. The standard InChI is InChI=1S/C25H30N8O7/c26-17(7-15-10-27-12-29-15)22(36)31-19(9-21(34)35)24(38)32-18(6-14-4-2-1-3-5-14)23(37)33-20(25(39)40)8-16-11-28-13-30-16/h1-5,10-13,17-20H,6-9,26H2,(H,27,29)(H,28,30)(H,31,36)(H,32,38)(H,33,37)(H,34,35)(H,39,40). The first-order valence-corrected chi connectivity index (χ1v) is 12.2. The number of hydrogen-bond acceptors (Lipinski definition) is 8. The van der Waals surface area contributed by atoms with Crippen LogP contribution in [0, 0.1) is 0 Å². The molecule has 4 unspecified atom stereocenters. The highest BCUT2D eigenvalue weighted by molar-refractivity contribution is 5.95. The molecule has 0 aliphatic heterocycles. The van der Waals surface area contributed by atoms with Crippen LogP contribution in [-0.2, 0) is 43.2 Å². The van der Waals surface area contributed by atoms with E-state index in [1.807, 2.05) is 0 Å². The Morgan fingerprint density at radius 1 is 0.750 bits per heavy atom. The number of aromatic nitrogens is 4. The fourth-order valence-corrected chi connectivity index (χ4v) is 3.81. The van der Waals surface area contributed by atoms with Crippen LogP contribution in [0.2, 0.25) is 0 Å². The van der Waals surface area contributed by atoms with Gasteiger partial charge < -0.3 is 41.9 Å². The number of imidazole rings is 2. The molecule has 212 valence electrons. The van der Waals surface area contributed by atoms with Gasteiger partial charge in [-0.1, -0.05) is 30.3 Å². The maximum Gasteiger partial charge on any atom is 0.326 e. The second-order valence-corrected chi connectivity index (χ2v) is 8.98. The Labute approximate surface area is 228 Å². The van der Waals surface area contributed by atoms with Crippen molar-refractivity contribution in [3.8, 4) is 0 Å². The maximum atomic E-state index is 13.2. The summed E-state index contributed by atoms with van der Waals surface area (Å²) in [5, 5.41) is 26.2. The van der Waals surface area contributed by atoms with Gasteiger partial charge in [0.1, 0.15) is 18.1 Å². The molecule has 3 amide bonds. The van der Waals surface area contributed by atoms with Gasteiger partial charge in [0.15, 0.2) is 0 Å². The van der Waals surface area contributed by atoms with Crippen molar-refractivity contribution in [2.75, 3.05) is 0 Å². The van der Waals surface area contributed by atoms with Crippen LogP contribution in [0.15, 0.2) is 55.4 Å². The first kappa shape index (κ1) is 29.5. The Morgan fingerprint density at radius 3 is 1.85 bits per heavy atom. The predicted molar refractivity (Wildman–Crippen MR) is 138 cm³/mol. The molecule has 0 spiro atoms. The Kier molecular flexibility index (Phi) is 10.5. The number of nitrogens with two attached hydrogens (primary N) is 1. The number of carbonyl (C=O) groups excluding carboxylic acids is 3. The van der Waals surface area contributed by atoms with Crippen molar-refractivity contribution in [3.63, 3.8) is 0 Å². The van der Waals surface area contributed by atoms with E-state index in [0.717, 1.165) is 0 Å². The van der Waals surface area contributed by atoms with Crippen molar-refractivity contribution in [1.29, 1.82) is 0 Å². The lowest BCUT2D eigenvalue weighted by Crippen LogP contribution is -2.58. The van der Waals surface area contributed by atoms with Crippen LogP contribution < -0.4 is 21.7 Å². The summed E-state index contributed by atoms with van der Waals surface area (Å²) < 4.78 is 0. The first-order chi connectivity index (χ1) is 19.1. The first-order valence-electron chi connectivity index (χ1n) is 12.2.